The molecule has 1 aliphatic carbocycles. The van der Waals surface area contributed by atoms with Crippen molar-refractivity contribution in [1.82, 2.24) is 15.1 Å². The Balaban J connectivity index is 1.27. The second kappa shape index (κ2) is 9.54. The van der Waals surface area contributed by atoms with Gasteiger partial charge in [-0.1, -0.05) is 48.5 Å². The van der Waals surface area contributed by atoms with E-state index in [0.717, 1.165) is 11.1 Å². The number of ether oxygens (including phenoxy) is 1. The van der Waals surface area contributed by atoms with Crippen molar-refractivity contribution in [2.45, 2.75) is 44.4 Å². The van der Waals surface area contributed by atoms with E-state index >= 15 is 0 Å². The molecule has 7 nitrogen and oxygen atoms in total. The summed E-state index contributed by atoms with van der Waals surface area (Å²) in [6.45, 7) is 4.39. The van der Waals surface area contributed by atoms with Crippen molar-refractivity contribution in [1.29, 1.82) is 0 Å². The van der Waals surface area contributed by atoms with Crippen LogP contribution < -0.4 is 5.32 Å². The minimum Gasteiger partial charge on any atom is -0.449 e. The van der Waals surface area contributed by atoms with Crippen LogP contribution in [0.25, 0.3) is 11.1 Å². The number of carbonyl (C=O) groups is 1. The molecule has 4 rings (SSSR count). The first kappa shape index (κ1) is 22.0. The molecule has 0 saturated heterocycles. The molecule has 1 aliphatic rings. The van der Waals surface area contributed by atoms with E-state index in [9.17, 15) is 15.0 Å². The van der Waals surface area contributed by atoms with Gasteiger partial charge in [-0.3, -0.25) is 4.68 Å². The van der Waals surface area contributed by atoms with Crippen molar-refractivity contribution < 1.29 is 19.7 Å². The monoisotopic (exact) mass is 435 g/mol. The van der Waals surface area contributed by atoms with Crippen LogP contribution in [-0.4, -0.2) is 45.3 Å². The SMILES string of the molecule is CC(C)n1cc(C(O)C(O)CCNC(=O)OCC2c3ccccc3-c3ccccc32)cn1. The summed E-state index contributed by atoms with van der Waals surface area (Å²) in [6.07, 6.45) is 0.837. The molecule has 168 valence electrons. The van der Waals surface area contributed by atoms with E-state index in [0.29, 0.717) is 5.56 Å². The van der Waals surface area contributed by atoms with Gasteiger partial charge in [0, 0.05) is 30.3 Å². The van der Waals surface area contributed by atoms with Gasteiger partial charge in [-0.25, -0.2) is 4.79 Å². The number of nitrogens with zero attached hydrogens (tertiary/aromatic N) is 2. The summed E-state index contributed by atoms with van der Waals surface area (Å²) in [5, 5.41) is 27.4. The zero-order valence-corrected chi connectivity index (χ0v) is 18.3. The van der Waals surface area contributed by atoms with Gasteiger partial charge in [-0.2, -0.15) is 5.10 Å². The number of hydrogen-bond acceptors (Lipinski definition) is 5. The maximum Gasteiger partial charge on any atom is 0.407 e. The molecular formula is C25H29N3O4. The normalized spacial score (nSPS) is 14.7. The van der Waals surface area contributed by atoms with Crippen LogP contribution in [0.2, 0.25) is 0 Å². The van der Waals surface area contributed by atoms with E-state index in [4.69, 9.17) is 4.74 Å². The van der Waals surface area contributed by atoms with E-state index < -0.39 is 18.3 Å². The van der Waals surface area contributed by atoms with Gasteiger partial charge < -0.3 is 20.3 Å². The Morgan fingerprint density at radius 3 is 2.31 bits per heavy atom. The van der Waals surface area contributed by atoms with Crippen molar-refractivity contribution in [2.75, 3.05) is 13.2 Å². The maximum absolute atomic E-state index is 12.2. The Morgan fingerprint density at radius 1 is 1.09 bits per heavy atom. The van der Waals surface area contributed by atoms with Crippen molar-refractivity contribution in [2.24, 2.45) is 0 Å². The molecule has 2 aromatic carbocycles. The quantitative estimate of drug-likeness (QED) is 0.500. The fourth-order valence-corrected chi connectivity index (χ4v) is 4.14. The second-order valence-electron chi connectivity index (χ2n) is 8.40. The highest BCUT2D eigenvalue weighted by Crippen LogP contribution is 2.44. The number of aromatic nitrogens is 2. The lowest BCUT2D eigenvalue weighted by Gasteiger charge is -2.17. The largest absolute Gasteiger partial charge is 0.449 e. The number of fused-ring (bicyclic) bond motifs is 3. The summed E-state index contributed by atoms with van der Waals surface area (Å²) in [6, 6.07) is 16.5. The van der Waals surface area contributed by atoms with Crippen molar-refractivity contribution in [3.63, 3.8) is 0 Å². The van der Waals surface area contributed by atoms with Crippen LogP contribution in [0.3, 0.4) is 0 Å². The number of aliphatic hydroxyl groups excluding tert-OH is 2. The van der Waals surface area contributed by atoms with E-state index in [2.05, 4.69) is 34.7 Å². The average Bonchev–Trinajstić information content (AvgIpc) is 3.41. The van der Waals surface area contributed by atoms with Gasteiger partial charge in [0.15, 0.2) is 0 Å². The number of amides is 1. The number of hydrogen-bond donors (Lipinski definition) is 3. The highest BCUT2D eigenvalue weighted by atomic mass is 16.5. The molecule has 2 unspecified atom stereocenters. The first-order chi connectivity index (χ1) is 15.5. The van der Waals surface area contributed by atoms with Crippen LogP contribution in [0, 0.1) is 0 Å². The summed E-state index contributed by atoms with van der Waals surface area (Å²) in [5.41, 5.74) is 5.21. The van der Waals surface area contributed by atoms with Gasteiger partial charge in [0.2, 0.25) is 0 Å². The summed E-state index contributed by atoms with van der Waals surface area (Å²) in [5.74, 6) is -0.00180. The summed E-state index contributed by atoms with van der Waals surface area (Å²) in [7, 11) is 0. The Hall–Kier alpha value is -3.16. The third-order valence-corrected chi connectivity index (χ3v) is 5.91. The van der Waals surface area contributed by atoms with Crippen LogP contribution in [0.15, 0.2) is 60.9 Å². The molecule has 1 aromatic heterocycles. The standard InChI is InChI=1S/C25H29N3O4/c1-16(2)28-14-17(13-27-28)24(30)23(29)11-12-26-25(31)32-15-22-20-9-5-3-7-18(20)19-8-4-6-10-21(19)22/h3-10,13-14,16,22-24,29-30H,11-12,15H2,1-2H3,(H,26,31). The van der Waals surface area contributed by atoms with Crippen molar-refractivity contribution in [3.05, 3.63) is 77.6 Å². The molecule has 1 heterocycles. The molecule has 2 atom stereocenters. The number of benzene rings is 2. The average molecular weight is 436 g/mol. The van der Waals surface area contributed by atoms with Gasteiger partial charge in [0.25, 0.3) is 0 Å². The predicted octanol–water partition coefficient (Wildman–Crippen LogP) is 3.79. The molecular weight excluding hydrogens is 406 g/mol. The van der Waals surface area contributed by atoms with Gasteiger partial charge in [-0.05, 0) is 42.5 Å². The fourth-order valence-electron chi connectivity index (χ4n) is 4.14. The summed E-state index contributed by atoms with van der Waals surface area (Å²) >= 11 is 0. The first-order valence-corrected chi connectivity index (χ1v) is 10.9. The number of alkyl carbamates (subject to hydrolysis) is 1. The molecule has 7 heteroatoms. The van der Waals surface area contributed by atoms with Crippen LogP contribution in [0.1, 0.15) is 55.0 Å². The lowest BCUT2D eigenvalue weighted by atomic mass is 9.98. The number of rotatable bonds is 8. The third kappa shape index (κ3) is 4.54. The number of nitrogens with one attached hydrogen (secondary N) is 1. The van der Waals surface area contributed by atoms with Crippen molar-refractivity contribution in [3.8, 4) is 11.1 Å². The minimum atomic E-state index is -1.06. The molecule has 0 radical (unpaired) electrons. The molecule has 0 bridgehead atoms. The van der Waals surface area contributed by atoms with Crippen LogP contribution in [0.5, 0.6) is 0 Å². The van der Waals surface area contributed by atoms with Crippen LogP contribution in [-0.2, 0) is 4.74 Å². The highest BCUT2D eigenvalue weighted by Gasteiger charge is 2.29. The van der Waals surface area contributed by atoms with Crippen LogP contribution in [0.4, 0.5) is 4.79 Å². The van der Waals surface area contributed by atoms with Crippen molar-refractivity contribution >= 4 is 6.09 Å². The molecule has 0 spiro atoms. The zero-order valence-electron chi connectivity index (χ0n) is 18.3. The second-order valence-corrected chi connectivity index (χ2v) is 8.40. The van der Waals surface area contributed by atoms with Gasteiger partial charge in [0.1, 0.15) is 12.7 Å². The lowest BCUT2D eigenvalue weighted by molar-refractivity contribution is 0.0136. The highest BCUT2D eigenvalue weighted by molar-refractivity contribution is 5.79. The third-order valence-electron chi connectivity index (χ3n) is 5.91. The van der Waals surface area contributed by atoms with E-state index in [1.807, 2.05) is 38.1 Å². The Kier molecular flexibility index (Phi) is 6.58. The Labute approximate surface area is 187 Å². The number of aliphatic hydroxyl groups is 2. The first-order valence-electron chi connectivity index (χ1n) is 10.9. The molecule has 0 aliphatic heterocycles. The topological polar surface area (TPSA) is 96.6 Å². The number of carbonyl (C=O) groups excluding carboxylic acids is 1. The molecule has 0 saturated carbocycles. The smallest absolute Gasteiger partial charge is 0.407 e. The molecule has 3 N–H and O–H groups in total. The van der Waals surface area contributed by atoms with E-state index in [1.165, 1.54) is 11.1 Å². The molecule has 32 heavy (non-hydrogen) atoms. The Morgan fingerprint density at radius 2 is 1.72 bits per heavy atom. The fraction of sp³-hybridized carbons (Fsp3) is 0.360. The summed E-state index contributed by atoms with van der Waals surface area (Å²) < 4.78 is 7.21. The van der Waals surface area contributed by atoms with Gasteiger partial charge >= 0.3 is 6.09 Å². The minimum absolute atomic E-state index is 0.00180. The molecule has 0 fully saturated rings. The maximum atomic E-state index is 12.2. The molecule has 1 amide bonds. The summed E-state index contributed by atoms with van der Waals surface area (Å²) in [4.78, 5) is 12.2. The predicted molar refractivity (Wildman–Crippen MR) is 121 cm³/mol. The van der Waals surface area contributed by atoms with E-state index in [-0.39, 0.29) is 31.5 Å². The lowest BCUT2D eigenvalue weighted by Crippen LogP contribution is -2.30. The Bertz CT molecular complexity index is 1030. The van der Waals surface area contributed by atoms with E-state index in [1.54, 1.807) is 17.1 Å². The van der Waals surface area contributed by atoms with Gasteiger partial charge in [0.05, 0.1) is 12.3 Å². The van der Waals surface area contributed by atoms with Crippen LogP contribution >= 0.6 is 0 Å². The zero-order chi connectivity index (χ0) is 22.7. The molecule has 3 aromatic rings. The van der Waals surface area contributed by atoms with Gasteiger partial charge in [-0.15, -0.1) is 0 Å².